The fourth-order valence-electron chi connectivity index (χ4n) is 1.71. The third-order valence-electron chi connectivity index (χ3n) is 2.59. The highest BCUT2D eigenvalue weighted by molar-refractivity contribution is 6.00. The predicted molar refractivity (Wildman–Crippen MR) is 67.8 cm³/mol. The lowest BCUT2D eigenvalue weighted by Crippen LogP contribution is -2.25. The number of aryl methyl sites for hydroxylation is 2. The summed E-state index contributed by atoms with van der Waals surface area (Å²) < 4.78 is 1.59. The van der Waals surface area contributed by atoms with E-state index in [1.54, 1.807) is 24.1 Å². The zero-order valence-corrected chi connectivity index (χ0v) is 10.3. The molecule has 0 saturated heterocycles. The highest BCUT2D eigenvalue weighted by Crippen LogP contribution is 2.15. The van der Waals surface area contributed by atoms with Crippen LogP contribution in [0.15, 0.2) is 24.5 Å². The average Bonchev–Trinajstić information content (AvgIpc) is 2.72. The summed E-state index contributed by atoms with van der Waals surface area (Å²) in [5, 5.41) is 6.83. The van der Waals surface area contributed by atoms with Crippen LogP contribution in [0.25, 0.3) is 0 Å². The Bertz CT molecular complexity index is 555. The first-order chi connectivity index (χ1) is 8.58. The van der Waals surface area contributed by atoms with Crippen molar-refractivity contribution in [3.8, 4) is 0 Å². The molecule has 0 atom stereocenters. The Balaban J connectivity index is 2.08. The van der Waals surface area contributed by atoms with Crippen molar-refractivity contribution in [2.45, 2.75) is 13.5 Å². The van der Waals surface area contributed by atoms with Gasteiger partial charge in [0.05, 0.1) is 12.1 Å². The minimum atomic E-state index is -0.210. The lowest BCUT2D eigenvalue weighted by atomic mass is 10.1. The summed E-state index contributed by atoms with van der Waals surface area (Å²) in [5.74, 6) is 0.357. The van der Waals surface area contributed by atoms with E-state index >= 15 is 0 Å². The molecule has 1 aromatic carbocycles. The van der Waals surface area contributed by atoms with Gasteiger partial charge in [0, 0.05) is 12.7 Å². The van der Waals surface area contributed by atoms with Gasteiger partial charge in [0.15, 0.2) is 5.82 Å². The first kappa shape index (κ1) is 12.1. The molecule has 18 heavy (non-hydrogen) atoms. The van der Waals surface area contributed by atoms with Crippen LogP contribution >= 0.6 is 0 Å². The first-order valence-electron chi connectivity index (χ1n) is 5.55. The van der Waals surface area contributed by atoms with Gasteiger partial charge in [-0.15, -0.1) is 0 Å². The van der Waals surface area contributed by atoms with Crippen molar-refractivity contribution >= 4 is 11.6 Å². The van der Waals surface area contributed by atoms with Crippen molar-refractivity contribution in [3.05, 3.63) is 41.5 Å². The second-order valence-electron chi connectivity index (χ2n) is 4.06. The van der Waals surface area contributed by atoms with Gasteiger partial charge in [-0.1, -0.05) is 12.1 Å². The summed E-state index contributed by atoms with van der Waals surface area (Å²) in [6.45, 7) is 2.14. The van der Waals surface area contributed by atoms with Gasteiger partial charge in [-0.3, -0.25) is 9.48 Å². The van der Waals surface area contributed by atoms with Crippen LogP contribution in [0, 0.1) is 6.92 Å². The zero-order chi connectivity index (χ0) is 13.1. The molecule has 0 spiro atoms. The highest BCUT2D eigenvalue weighted by Gasteiger charge is 2.12. The van der Waals surface area contributed by atoms with Gasteiger partial charge in [-0.25, -0.2) is 4.98 Å². The molecule has 1 amide bonds. The molecule has 0 saturated carbocycles. The number of hydrogen-bond donors (Lipinski definition) is 2. The lowest BCUT2D eigenvalue weighted by Gasteiger charge is -2.08. The van der Waals surface area contributed by atoms with Crippen molar-refractivity contribution in [3.63, 3.8) is 0 Å². The molecule has 0 fully saturated rings. The number of nitrogens with zero attached hydrogens (tertiary/aromatic N) is 3. The van der Waals surface area contributed by atoms with Gasteiger partial charge in [0.1, 0.15) is 6.33 Å². The summed E-state index contributed by atoms with van der Waals surface area (Å²) in [6, 6.07) is 5.38. The Hall–Kier alpha value is -2.37. The number of anilines is 1. The maximum atomic E-state index is 12.0. The maximum absolute atomic E-state index is 12.0. The van der Waals surface area contributed by atoms with Gasteiger partial charge in [-0.2, -0.15) is 5.10 Å². The number of amides is 1. The Kier molecular flexibility index (Phi) is 3.27. The van der Waals surface area contributed by atoms with Crippen molar-refractivity contribution < 1.29 is 4.79 Å². The van der Waals surface area contributed by atoms with Crippen molar-refractivity contribution in [2.75, 3.05) is 5.73 Å². The smallest absolute Gasteiger partial charge is 0.254 e. The Labute approximate surface area is 105 Å². The molecule has 94 valence electrons. The molecule has 0 aliphatic heterocycles. The van der Waals surface area contributed by atoms with Crippen LogP contribution in [0.4, 0.5) is 5.69 Å². The molecule has 1 aromatic heterocycles. The molecule has 0 aliphatic carbocycles. The second-order valence-corrected chi connectivity index (χ2v) is 4.06. The average molecular weight is 245 g/mol. The van der Waals surface area contributed by atoms with Crippen LogP contribution in [0.5, 0.6) is 0 Å². The molecule has 0 aliphatic rings. The molecule has 3 N–H and O–H groups in total. The first-order valence-corrected chi connectivity index (χ1v) is 5.55. The summed E-state index contributed by atoms with van der Waals surface area (Å²) in [5.41, 5.74) is 7.63. The predicted octanol–water partition coefficient (Wildman–Crippen LogP) is 0.636. The molecule has 0 unspecified atom stereocenters. The van der Waals surface area contributed by atoms with Gasteiger partial charge >= 0.3 is 0 Å². The molecular weight excluding hydrogens is 230 g/mol. The van der Waals surface area contributed by atoms with E-state index in [1.165, 1.54) is 0 Å². The normalized spacial score (nSPS) is 10.3. The van der Waals surface area contributed by atoms with Crippen LogP contribution in [0.2, 0.25) is 0 Å². The van der Waals surface area contributed by atoms with E-state index in [0.717, 1.165) is 5.56 Å². The second kappa shape index (κ2) is 4.87. The number of nitrogen functional groups attached to an aromatic ring is 1. The summed E-state index contributed by atoms with van der Waals surface area (Å²) >= 11 is 0. The Morgan fingerprint density at radius 1 is 1.50 bits per heavy atom. The van der Waals surface area contributed by atoms with Crippen molar-refractivity contribution in [1.82, 2.24) is 20.1 Å². The molecule has 0 bridgehead atoms. The molecule has 0 radical (unpaired) electrons. The van der Waals surface area contributed by atoms with Crippen molar-refractivity contribution in [1.29, 1.82) is 0 Å². The fourth-order valence-corrected chi connectivity index (χ4v) is 1.71. The number of hydrogen-bond acceptors (Lipinski definition) is 4. The van der Waals surface area contributed by atoms with Gasteiger partial charge in [-0.05, 0) is 18.6 Å². The van der Waals surface area contributed by atoms with Crippen LogP contribution in [0.1, 0.15) is 21.7 Å². The van der Waals surface area contributed by atoms with E-state index < -0.39 is 0 Å². The van der Waals surface area contributed by atoms with E-state index in [9.17, 15) is 4.79 Å². The minimum Gasteiger partial charge on any atom is -0.398 e. The fraction of sp³-hybridized carbons (Fsp3) is 0.250. The highest BCUT2D eigenvalue weighted by atomic mass is 16.1. The van der Waals surface area contributed by atoms with Crippen LogP contribution in [0.3, 0.4) is 0 Å². The van der Waals surface area contributed by atoms with Crippen molar-refractivity contribution in [2.24, 2.45) is 7.05 Å². The topological polar surface area (TPSA) is 85.8 Å². The standard InChI is InChI=1S/C12H15N5O/c1-8-4-3-5-9(13)11(8)12(18)14-6-10-15-7-17(2)16-10/h3-5,7H,6,13H2,1-2H3,(H,14,18). The summed E-state index contributed by atoms with van der Waals surface area (Å²) in [4.78, 5) is 16.0. The number of nitrogens with one attached hydrogen (secondary N) is 1. The van der Waals surface area contributed by atoms with E-state index in [4.69, 9.17) is 5.73 Å². The number of carbonyl (C=O) groups excluding carboxylic acids is 1. The monoisotopic (exact) mass is 245 g/mol. The quantitative estimate of drug-likeness (QED) is 0.777. The number of aromatic nitrogens is 3. The zero-order valence-electron chi connectivity index (χ0n) is 10.3. The lowest BCUT2D eigenvalue weighted by molar-refractivity contribution is 0.0950. The van der Waals surface area contributed by atoms with E-state index in [2.05, 4.69) is 15.4 Å². The SMILES string of the molecule is Cc1cccc(N)c1C(=O)NCc1ncn(C)n1. The molecular formula is C12H15N5O. The maximum Gasteiger partial charge on any atom is 0.254 e. The Morgan fingerprint density at radius 3 is 2.89 bits per heavy atom. The van der Waals surface area contributed by atoms with Crippen LogP contribution < -0.4 is 11.1 Å². The molecule has 1 heterocycles. The number of rotatable bonds is 3. The molecule has 2 aromatic rings. The van der Waals surface area contributed by atoms with E-state index in [-0.39, 0.29) is 12.5 Å². The summed E-state index contributed by atoms with van der Waals surface area (Å²) in [7, 11) is 1.78. The Morgan fingerprint density at radius 2 is 2.28 bits per heavy atom. The molecule has 2 rings (SSSR count). The third-order valence-corrected chi connectivity index (χ3v) is 2.59. The third kappa shape index (κ3) is 2.48. The minimum absolute atomic E-state index is 0.210. The van der Waals surface area contributed by atoms with E-state index in [0.29, 0.717) is 17.1 Å². The van der Waals surface area contributed by atoms with Gasteiger partial charge < -0.3 is 11.1 Å². The van der Waals surface area contributed by atoms with Gasteiger partial charge in [0.2, 0.25) is 0 Å². The summed E-state index contributed by atoms with van der Waals surface area (Å²) in [6.07, 6.45) is 1.59. The van der Waals surface area contributed by atoms with Crippen LogP contribution in [-0.2, 0) is 13.6 Å². The van der Waals surface area contributed by atoms with E-state index in [1.807, 2.05) is 19.1 Å². The van der Waals surface area contributed by atoms with Crippen LogP contribution in [-0.4, -0.2) is 20.7 Å². The largest absolute Gasteiger partial charge is 0.398 e. The molecule has 6 nitrogen and oxygen atoms in total. The van der Waals surface area contributed by atoms with Gasteiger partial charge in [0.25, 0.3) is 5.91 Å². The number of nitrogens with two attached hydrogens (primary N) is 1. The number of benzene rings is 1. The number of carbonyl (C=O) groups is 1. The molecule has 6 heteroatoms.